The van der Waals surface area contributed by atoms with Crippen LogP contribution >= 0.6 is 0 Å². The summed E-state index contributed by atoms with van der Waals surface area (Å²) in [5.41, 5.74) is 2.64. The lowest BCUT2D eigenvalue weighted by molar-refractivity contribution is 0.167. The van der Waals surface area contributed by atoms with E-state index in [4.69, 9.17) is 0 Å². The zero-order chi connectivity index (χ0) is 13.8. The highest BCUT2D eigenvalue weighted by Gasteiger charge is 2.31. The van der Waals surface area contributed by atoms with Gasteiger partial charge in [-0.3, -0.25) is 4.68 Å². The van der Waals surface area contributed by atoms with E-state index in [0.29, 0.717) is 0 Å². The van der Waals surface area contributed by atoms with Crippen LogP contribution in [0.5, 0.6) is 0 Å². The van der Waals surface area contributed by atoms with Crippen molar-refractivity contribution in [2.24, 2.45) is 24.8 Å². The topological polar surface area (TPSA) is 29.9 Å². The van der Waals surface area contributed by atoms with E-state index in [1.807, 2.05) is 0 Å². The molecule has 2 unspecified atom stereocenters. The molecular weight excluding hydrogens is 234 g/mol. The van der Waals surface area contributed by atoms with Crippen LogP contribution in [-0.2, 0) is 19.9 Å². The summed E-state index contributed by atoms with van der Waals surface area (Å²) in [6, 6.07) is 2.29. The van der Waals surface area contributed by atoms with E-state index < -0.39 is 0 Å². The molecule has 1 aliphatic rings. The second-order valence-corrected chi connectivity index (χ2v) is 6.46. The fourth-order valence-corrected chi connectivity index (χ4v) is 2.94. The molecule has 0 aliphatic heterocycles. The Bertz CT molecular complexity index is 395. The van der Waals surface area contributed by atoms with E-state index in [-0.39, 0.29) is 0 Å². The van der Waals surface area contributed by atoms with Crippen molar-refractivity contribution in [3.05, 3.63) is 17.5 Å². The maximum Gasteiger partial charge on any atom is 0.0624 e. The molecule has 0 amide bonds. The first-order chi connectivity index (χ1) is 9.10. The molecule has 1 aromatic heterocycles. The Morgan fingerprint density at radius 1 is 1.37 bits per heavy atom. The number of hydrogen-bond acceptors (Lipinski definition) is 2. The number of aromatic nitrogens is 2. The number of nitrogens with zero attached hydrogens (tertiary/aromatic N) is 2. The van der Waals surface area contributed by atoms with Gasteiger partial charge in [0, 0.05) is 12.7 Å². The fraction of sp³-hybridized carbons (Fsp3) is 0.812. The lowest BCUT2D eigenvalue weighted by Gasteiger charge is -2.37. The van der Waals surface area contributed by atoms with Crippen molar-refractivity contribution in [2.75, 3.05) is 13.1 Å². The summed E-state index contributed by atoms with van der Waals surface area (Å²) in [6.07, 6.45) is 5.03. The highest BCUT2D eigenvalue weighted by atomic mass is 15.3. The van der Waals surface area contributed by atoms with Crippen LogP contribution < -0.4 is 5.32 Å². The molecule has 0 bridgehead atoms. The molecule has 1 fully saturated rings. The van der Waals surface area contributed by atoms with Gasteiger partial charge in [-0.25, -0.2) is 0 Å². The van der Waals surface area contributed by atoms with Gasteiger partial charge in [0.15, 0.2) is 0 Å². The van der Waals surface area contributed by atoms with E-state index in [2.05, 4.69) is 49.0 Å². The summed E-state index contributed by atoms with van der Waals surface area (Å²) in [5, 5.41) is 8.16. The number of aryl methyl sites for hydroxylation is 2. The number of rotatable bonds is 7. The summed E-state index contributed by atoms with van der Waals surface area (Å²) in [5.74, 6) is 2.49. The second-order valence-electron chi connectivity index (χ2n) is 6.46. The Morgan fingerprint density at radius 3 is 2.63 bits per heavy atom. The molecule has 0 saturated heterocycles. The molecule has 1 N–H and O–H groups in total. The van der Waals surface area contributed by atoms with E-state index in [1.54, 1.807) is 0 Å². The average molecular weight is 263 g/mol. The van der Waals surface area contributed by atoms with Gasteiger partial charge in [-0.05, 0) is 62.6 Å². The van der Waals surface area contributed by atoms with Crippen molar-refractivity contribution in [3.8, 4) is 0 Å². The molecule has 2 atom stereocenters. The van der Waals surface area contributed by atoms with Crippen LogP contribution in [-0.4, -0.2) is 22.9 Å². The third kappa shape index (κ3) is 3.82. The smallest absolute Gasteiger partial charge is 0.0624 e. The zero-order valence-electron chi connectivity index (χ0n) is 12.9. The van der Waals surface area contributed by atoms with Crippen LogP contribution in [0.15, 0.2) is 6.07 Å². The summed E-state index contributed by atoms with van der Waals surface area (Å²) in [4.78, 5) is 0. The highest BCUT2D eigenvalue weighted by molar-refractivity contribution is 5.11. The molecular formula is C16H29N3. The average Bonchev–Trinajstić information content (AvgIpc) is 2.71. The number of hydrogen-bond donors (Lipinski definition) is 1. The predicted molar refractivity (Wildman–Crippen MR) is 80.2 cm³/mol. The molecule has 108 valence electrons. The second kappa shape index (κ2) is 6.56. The van der Waals surface area contributed by atoms with Gasteiger partial charge >= 0.3 is 0 Å². The highest BCUT2D eigenvalue weighted by Crippen LogP contribution is 2.36. The quantitative estimate of drug-likeness (QED) is 0.820. The molecule has 1 heterocycles. The minimum absolute atomic E-state index is 0.753. The van der Waals surface area contributed by atoms with Crippen molar-refractivity contribution in [3.63, 3.8) is 0 Å². The maximum atomic E-state index is 4.55. The standard InChI is InChI=1S/C16H29N3/c1-5-15-9-16(19(4)18-15)8-13-6-7-14(13)11-17-10-12(2)3/h9,12-14,17H,5-8,10-11H2,1-4H3. The molecule has 3 heteroatoms. The van der Waals surface area contributed by atoms with Crippen LogP contribution in [0.2, 0.25) is 0 Å². The summed E-state index contributed by atoms with van der Waals surface area (Å²) in [6.45, 7) is 9.06. The van der Waals surface area contributed by atoms with Crippen molar-refractivity contribution >= 4 is 0 Å². The van der Waals surface area contributed by atoms with E-state index in [9.17, 15) is 0 Å². The van der Waals surface area contributed by atoms with Gasteiger partial charge in [0.25, 0.3) is 0 Å². The van der Waals surface area contributed by atoms with Crippen LogP contribution in [0.4, 0.5) is 0 Å². The Balaban J connectivity index is 1.80. The van der Waals surface area contributed by atoms with E-state index in [0.717, 1.165) is 30.7 Å². The molecule has 2 rings (SSSR count). The molecule has 19 heavy (non-hydrogen) atoms. The predicted octanol–water partition coefficient (Wildman–Crippen LogP) is 2.80. The van der Waals surface area contributed by atoms with Gasteiger partial charge in [0.2, 0.25) is 0 Å². The van der Waals surface area contributed by atoms with E-state index >= 15 is 0 Å². The first-order valence-corrected chi connectivity index (χ1v) is 7.82. The third-order valence-corrected chi connectivity index (χ3v) is 4.39. The summed E-state index contributed by atoms with van der Waals surface area (Å²) < 4.78 is 2.08. The van der Waals surface area contributed by atoms with Crippen molar-refractivity contribution in [1.82, 2.24) is 15.1 Å². The van der Waals surface area contributed by atoms with Crippen LogP contribution in [0.25, 0.3) is 0 Å². The zero-order valence-corrected chi connectivity index (χ0v) is 12.9. The van der Waals surface area contributed by atoms with Gasteiger partial charge < -0.3 is 5.32 Å². The van der Waals surface area contributed by atoms with E-state index in [1.165, 1.54) is 37.2 Å². The Labute approximate surface area is 117 Å². The monoisotopic (exact) mass is 263 g/mol. The summed E-state index contributed by atoms with van der Waals surface area (Å²) >= 11 is 0. The van der Waals surface area contributed by atoms with Crippen molar-refractivity contribution in [2.45, 2.75) is 46.5 Å². The molecule has 1 saturated carbocycles. The fourth-order valence-electron chi connectivity index (χ4n) is 2.94. The Morgan fingerprint density at radius 2 is 2.11 bits per heavy atom. The molecule has 0 radical (unpaired) electrons. The molecule has 0 spiro atoms. The molecule has 0 aromatic carbocycles. The van der Waals surface area contributed by atoms with Gasteiger partial charge in [-0.15, -0.1) is 0 Å². The minimum Gasteiger partial charge on any atom is -0.316 e. The third-order valence-electron chi connectivity index (χ3n) is 4.39. The van der Waals surface area contributed by atoms with Crippen LogP contribution in [0, 0.1) is 17.8 Å². The van der Waals surface area contributed by atoms with Gasteiger partial charge in [0.05, 0.1) is 5.69 Å². The molecule has 3 nitrogen and oxygen atoms in total. The maximum absolute atomic E-state index is 4.55. The summed E-state index contributed by atoms with van der Waals surface area (Å²) in [7, 11) is 2.08. The lowest BCUT2D eigenvalue weighted by atomic mass is 9.71. The largest absolute Gasteiger partial charge is 0.316 e. The normalized spacial score (nSPS) is 22.8. The first-order valence-electron chi connectivity index (χ1n) is 7.82. The Kier molecular flexibility index (Phi) is 5.03. The van der Waals surface area contributed by atoms with Gasteiger partial charge in [-0.1, -0.05) is 20.8 Å². The van der Waals surface area contributed by atoms with Crippen LogP contribution in [0.1, 0.15) is 45.0 Å². The lowest BCUT2D eigenvalue weighted by Crippen LogP contribution is -2.37. The van der Waals surface area contributed by atoms with Gasteiger partial charge in [0.1, 0.15) is 0 Å². The van der Waals surface area contributed by atoms with Crippen molar-refractivity contribution < 1.29 is 0 Å². The minimum atomic E-state index is 0.753. The van der Waals surface area contributed by atoms with Crippen molar-refractivity contribution in [1.29, 1.82) is 0 Å². The number of nitrogens with one attached hydrogen (secondary N) is 1. The SMILES string of the molecule is CCc1cc(CC2CCC2CNCC(C)C)n(C)n1. The Hall–Kier alpha value is -0.830. The first kappa shape index (κ1) is 14.6. The molecule has 1 aliphatic carbocycles. The molecule has 1 aromatic rings. The van der Waals surface area contributed by atoms with Crippen LogP contribution in [0.3, 0.4) is 0 Å². The van der Waals surface area contributed by atoms with Gasteiger partial charge in [-0.2, -0.15) is 5.10 Å².